The lowest BCUT2D eigenvalue weighted by atomic mass is 9.64. The van der Waals surface area contributed by atoms with E-state index in [1.807, 2.05) is 24.6 Å². The summed E-state index contributed by atoms with van der Waals surface area (Å²) in [5.74, 6) is 0.776. The van der Waals surface area contributed by atoms with Crippen molar-refractivity contribution in [2.45, 2.75) is 104 Å². The minimum absolute atomic E-state index is 0.182. The van der Waals surface area contributed by atoms with E-state index in [1.165, 1.54) is 24.3 Å². The molecular weight excluding hydrogens is 1150 g/mol. The number of hydrazine groups is 1. The quantitative estimate of drug-likeness (QED) is 0.0376. The van der Waals surface area contributed by atoms with Crippen molar-refractivity contribution in [3.63, 3.8) is 0 Å². The van der Waals surface area contributed by atoms with E-state index in [4.69, 9.17) is 4.74 Å². The molecule has 2 bridgehead atoms. The number of pyridine rings is 1. The molecule has 5 heterocycles. The molecule has 2 aromatic heterocycles. The summed E-state index contributed by atoms with van der Waals surface area (Å²) in [4.78, 5) is 75.8. The van der Waals surface area contributed by atoms with Crippen LogP contribution < -0.4 is 26.3 Å². The van der Waals surface area contributed by atoms with Gasteiger partial charge in [0.05, 0.1) is 73.5 Å². The highest BCUT2D eigenvalue weighted by molar-refractivity contribution is 5.93. The lowest BCUT2D eigenvalue weighted by Crippen LogP contribution is -2.71. The lowest BCUT2D eigenvalue weighted by Gasteiger charge is -2.57. The van der Waals surface area contributed by atoms with Gasteiger partial charge in [-0.25, -0.2) is 33.0 Å². The Kier molecular flexibility index (Phi) is 19.3. The van der Waals surface area contributed by atoms with Gasteiger partial charge in [0.2, 0.25) is 5.91 Å². The number of fused-ring (bicyclic) bond motifs is 2. The van der Waals surface area contributed by atoms with Crippen LogP contribution in [-0.2, 0) is 41.6 Å². The van der Waals surface area contributed by atoms with Crippen LogP contribution in [0.4, 0.5) is 59.3 Å². The Morgan fingerprint density at radius 2 is 1.31 bits per heavy atom. The highest BCUT2D eigenvalue weighted by Gasteiger charge is 2.59. The number of likely N-dealkylation sites (tertiary alicyclic amines) is 1. The average Bonchev–Trinajstić information content (AvgIpc) is 1.30. The summed E-state index contributed by atoms with van der Waals surface area (Å²) in [6.45, 7) is 4.14. The summed E-state index contributed by atoms with van der Waals surface area (Å²) >= 11 is 0. The monoisotopic (exact) mass is 1210 g/mol. The third-order valence-electron chi connectivity index (χ3n) is 15.7. The molecule has 3 saturated heterocycles. The molecule has 7 rings (SSSR count). The zero-order valence-electron chi connectivity index (χ0n) is 47.4. The molecule has 0 spiro atoms. The summed E-state index contributed by atoms with van der Waals surface area (Å²) in [7, 11) is 1.59. The molecule has 3 aliphatic rings. The maximum absolute atomic E-state index is 16.1. The van der Waals surface area contributed by atoms with Crippen molar-refractivity contribution in [3.8, 4) is 23.0 Å². The molecule has 3 aliphatic heterocycles. The van der Waals surface area contributed by atoms with Crippen molar-refractivity contribution < 1.29 is 87.2 Å². The van der Waals surface area contributed by atoms with Crippen molar-refractivity contribution in [2.75, 3.05) is 65.1 Å². The van der Waals surface area contributed by atoms with Gasteiger partial charge in [-0.15, -0.1) is 0 Å². The minimum Gasteiger partial charge on any atom is -0.453 e. The molecule has 2 aromatic carbocycles. The Bertz CT molecular complexity index is 3120. The first-order chi connectivity index (χ1) is 39.6. The van der Waals surface area contributed by atoms with Crippen LogP contribution in [0.25, 0.3) is 11.1 Å². The van der Waals surface area contributed by atoms with Crippen LogP contribution in [0.2, 0.25) is 0 Å². The number of nitrogens with zero attached hydrogens (tertiary/aromatic N) is 6. The summed E-state index contributed by atoms with van der Waals surface area (Å²) in [6, 6.07) is 4.33. The third kappa shape index (κ3) is 14.6. The Balaban J connectivity index is 1.18. The number of methoxy groups -OCH3 is 2. The molecule has 5 N–H and O–H groups in total. The number of alkyl halides is 8. The summed E-state index contributed by atoms with van der Waals surface area (Å²) in [5.41, 5.74) is -5.68. The number of ether oxygens (including phenoxy) is 3. The molecule has 462 valence electrons. The smallest absolute Gasteiger partial charge is 0.407 e. The topological polar surface area (TPSA) is 222 Å². The molecule has 4 aromatic rings. The Hall–Kier alpha value is -7.55. The second-order valence-electron chi connectivity index (χ2n) is 23.0. The predicted molar refractivity (Wildman–Crippen MR) is 284 cm³/mol. The molecule has 0 aliphatic carbocycles. The van der Waals surface area contributed by atoms with Crippen molar-refractivity contribution in [3.05, 3.63) is 101 Å². The molecule has 19 nitrogen and oxygen atoms in total. The fraction of sp³-hybridized carbons (Fsp3) is 0.518. The summed E-state index contributed by atoms with van der Waals surface area (Å²) < 4.78 is 161. The van der Waals surface area contributed by atoms with E-state index in [1.54, 1.807) is 23.6 Å². The first kappa shape index (κ1) is 65.0. The fourth-order valence-corrected chi connectivity index (χ4v) is 10.4. The van der Waals surface area contributed by atoms with Crippen LogP contribution in [-0.4, -0.2) is 162 Å². The van der Waals surface area contributed by atoms with Gasteiger partial charge in [-0.05, 0) is 95.5 Å². The van der Waals surface area contributed by atoms with E-state index < -0.39 is 126 Å². The van der Waals surface area contributed by atoms with E-state index >= 15 is 8.78 Å². The number of alkyl carbamates (subject to hydrolysis) is 2. The number of hydrogen-bond donors (Lipinski definition) is 5. The Labute approximate surface area is 482 Å². The molecule has 2 unspecified atom stereocenters. The first-order valence-corrected chi connectivity index (χ1v) is 26.4. The van der Waals surface area contributed by atoms with E-state index in [2.05, 4.69) is 46.5 Å². The Morgan fingerprint density at radius 1 is 0.776 bits per heavy atom. The normalized spacial score (nSPS) is 20.1. The van der Waals surface area contributed by atoms with Gasteiger partial charge in [-0.3, -0.25) is 24.7 Å². The zero-order valence-corrected chi connectivity index (χ0v) is 47.4. The number of anilines is 1. The predicted octanol–water partition coefficient (Wildman–Crippen LogP) is 6.68. The molecule has 29 heteroatoms. The highest BCUT2D eigenvalue weighted by Crippen LogP contribution is 2.45. The molecule has 4 amide bonds. The van der Waals surface area contributed by atoms with Gasteiger partial charge < -0.3 is 40.2 Å². The zero-order chi connectivity index (χ0) is 62.8. The number of aliphatic hydroxyl groups excluding tert-OH is 1. The number of carbonyl (C=O) groups excluding carboxylic acids is 5. The number of carbonyl (C=O) groups is 5. The van der Waals surface area contributed by atoms with Gasteiger partial charge in [0.25, 0.3) is 5.91 Å². The Morgan fingerprint density at radius 3 is 1.78 bits per heavy atom. The van der Waals surface area contributed by atoms with Gasteiger partial charge in [0, 0.05) is 73.9 Å². The van der Waals surface area contributed by atoms with Crippen LogP contribution in [0.1, 0.15) is 70.3 Å². The second-order valence-corrected chi connectivity index (χ2v) is 23.0. The van der Waals surface area contributed by atoms with Gasteiger partial charge in [-0.1, -0.05) is 24.0 Å². The standard InChI is InChI=1S/C56H64F10N10O9/c1-51(2,55(61,62)63)43(70-49(81)83-7)45(78)69-40(17-32-12-9-31(10-13-32)11-14-33-15-16-42(67-20-33)74-29-53(5)27-73(36-25-85-26-36)28-54(6,30-74)47(53)80)41(77)24-75(72-46(79)44(71-50(82)84-8)52(3,4)56(64,65)66)23-37-38(57)18-34(19-39(37)58)35-21-68-76(22-35)48(59)60/h9-10,12-13,15-16,18-22,36,40-41,43-44,48,77H,17,23-30H2,1-8H3,(H,69,78)(H,70,81)(H,71,82)(H,72,79)/t40-,41-,43+,44+,53?,54?/m0/s1. The number of aliphatic hydroxyl groups is 1. The maximum Gasteiger partial charge on any atom is 0.407 e. The van der Waals surface area contributed by atoms with Crippen LogP contribution in [0, 0.1) is 45.1 Å². The van der Waals surface area contributed by atoms with E-state index in [9.17, 15) is 64.2 Å². The van der Waals surface area contributed by atoms with Crippen molar-refractivity contribution in [1.29, 1.82) is 0 Å². The van der Waals surface area contributed by atoms with Gasteiger partial charge in [-0.2, -0.15) is 40.2 Å². The summed E-state index contributed by atoms with van der Waals surface area (Å²) in [5, 5.41) is 21.9. The number of rotatable bonds is 19. The molecule has 3 fully saturated rings. The number of piperidine rings is 2. The minimum atomic E-state index is -5.24. The number of hydrogen-bond acceptors (Lipinski definition) is 14. The number of nitrogens with one attached hydrogen (secondary N) is 4. The van der Waals surface area contributed by atoms with Crippen LogP contribution >= 0.6 is 0 Å². The maximum atomic E-state index is 16.1. The SMILES string of the molecule is COC(=O)N[C@H](C(=O)N[C@@H](Cc1ccc(C#Cc2ccc(N3CC4(C)CN(C5COC5)CC(C)(C3)C4=O)nc2)cc1)[C@@H](O)CN(Cc1c(F)cc(-c2cnn(C(F)F)c2)cc1F)NC(=O)[C@@H](NC(=O)OC)C(C)(C)C(F)(F)F)C(C)(C)C(F)(F)F. The van der Waals surface area contributed by atoms with Crippen LogP contribution in [0.3, 0.4) is 0 Å². The largest absolute Gasteiger partial charge is 0.453 e. The van der Waals surface area contributed by atoms with E-state index in [0.29, 0.717) is 101 Å². The van der Waals surface area contributed by atoms with Crippen LogP contribution in [0.15, 0.2) is 67.1 Å². The number of aromatic nitrogens is 3. The third-order valence-corrected chi connectivity index (χ3v) is 15.7. The first-order valence-electron chi connectivity index (χ1n) is 26.4. The average molecular weight is 1210 g/mol. The number of benzene rings is 2. The van der Waals surface area contributed by atoms with Crippen LogP contribution in [0.5, 0.6) is 0 Å². The summed E-state index contributed by atoms with van der Waals surface area (Å²) in [6.07, 6.45) is -12.9. The fourth-order valence-electron chi connectivity index (χ4n) is 10.4. The molecule has 6 atom stereocenters. The van der Waals surface area contributed by atoms with Gasteiger partial charge in [0.1, 0.15) is 29.5 Å². The second kappa shape index (κ2) is 25.2. The van der Waals surface area contributed by atoms with Crippen molar-refractivity contribution in [2.24, 2.45) is 21.7 Å². The molecule has 0 radical (unpaired) electrons. The number of ketones is 1. The van der Waals surface area contributed by atoms with Crippen molar-refractivity contribution in [1.82, 2.24) is 46.0 Å². The van der Waals surface area contributed by atoms with Gasteiger partial charge in [0.15, 0.2) is 5.78 Å². The number of halogens is 10. The van der Waals surface area contributed by atoms with Gasteiger partial charge >= 0.3 is 31.1 Å². The molecule has 0 saturated carbocycles. The molecular formula is C56H64F10N10O9. The highest BCUT2D eigenvalue weighted by atomic mass is 19.4. The lowest BCUT2D eigenvalue weighted by molar-refractivity contribution is -0.221. The van der Waals surface area contributed by atoms with E-state index in [-0.39, 0.29) is 33.2 Å². The van der Waals surface area contributed by atoms with E-state index in [0.717, 1.165) is 26.6 Å². The number of Topliss-reactive ketones (excluding diaryl/α,β-unsaturated/α-hetero) is 1. The van der Waals surface area contributed by atoms with Crippen molar-refractivity contribution >= 4 is 35.6 Å². The molecule has 85 heavy (non-hydrogen) atoms. The number of amides is 4.